The van der Waals surface area contributed by atoms with Crippen LogP contribution in [0.4, 0.5) is 0 Å². The van der Waals surface area contributed by atoms with E-state index in [1.54, 1.807) is 6.07 Å². The summed E-state index contributed by atoms with van der Waals surface area (Å²) in [5, 5.41) is 1.06. The van der Waals surface area contributed by atoms with Crippen molar-refractivity contribution in [3.05, 3.63) is 60.4 Å². The van der Waals surface area contributed by atoms with Gasteiger partial charge in [0.1, 0.15) is 12.4 Å². The van der Waals surface area contributed by atoms with Crippen LogP contribution in [0.1, 0.15) is 43.7 Å². The molecule has 0 aliphatic rings. The third-order valence-corrected chi connectivity index (χ3v) is 5.69. The van der Waals surface area contributed by atoms with Gasteiger partial charge in [0.25, 0.3) is 0 Å². The fourth-order valence-corrected chi connectivity index (χ4v) is 4.15. The van der Waals surface area contributed by atoms with E-state index in [-0.39, 0.29) is 0 Å². The maximum atomic E-state index is 6.05. The van der Waals surface area contributed by atoms with E-state index in [1.165, 1.54) is 19.3 Å². The summed E-state index contributed by atoms with van der Waals surface area (Å²) < 4.78 is 7.68. The van der Waals surface area contributed by atoms with Gasteiger partial charge in [-0.1, -0.05) is 55.5 Å². The quantitative estimate of drug-likeness (QED) is 0.241. The molecule has 0 bridgehead atoms. The first-order chi connectivity index (χ1) is 12.5. The zero-order valence-electron chi connectivity index (χ0n) is 14.6. The van der Waals surface area contributed by atoms with Gasteiger partial charge in [-0.05, 0) is 73.7 Å². The smallest absolute Gasteiger partial charge is 0.148 e. The molecule has 0 fully saturated rings. The average molecular weight is 522 g/mol. The van der Waals surface area contributed by atoms with Crippen LogP contribution >= 0.6 is 55.1 Å². The molecule has 0 aliphatic heterocycles. The van der Waals surface area contributed by atoms with E-state index in [0.717, 1.165) is 38.8 Å². The summed E-state index contributed by atoms with van der Waals surface area (Å²) in [6.07, 6.45) is 6.80. The van der Waals surface area contributed by atoms with Crippen molar-refractivity contribution in [2.24, 2.45) is 4.99 Å². The van der Waals surface area contributed by atoms with E-state index in [0.29, 0.717) is 16.7 Å². The summed E-state index contributed by atoms with van der Waals surface area (Å²) >= 11 is 19.1. The van der Waals surface area contributed by atoms with E-state index < -0.39 is 0 Å². The van der Waals surface area contributed by atoms with Gasteiger partial charge in [0.05, 0.1) is 19.0 Å². The largest absolute Gasteiger partial charge is 0.487 e. The van der Waals surface area contributed by atoms with Gasteiger partial charge in [-0.3, -0.25) is 4.99 Å². The Balaban J connectivity index is 1.97. The van der Waals surface area contributed by atoms with E-state index in [2.05, 4.69) is 43.8 Å². The molecule has 140 valence electrons. The van der Waals surface area contributed by atoms with Crippen molar-refractivity contribution < 1.29 is 4.74 Å². The van der Waals surface area contributed by atoms with Crippen LogP contribution in [-0.2, 0) is 6.61 Å². The minimum atomic E-state index is 0.402. The fourth-order valence-electron chi connectivity index (χ4n) is 2.38. The van der Waals surface area contributed by atoms with Crippen molar-refractivity contribution in [2.75, 3.05) is 6.54 Å². The number of benzene rings is 2. The third kappa shape index (κ3) is 6.88. The molecule has 0 radical (unpaired) electrons. The second-order valence-electron chi connectivity index (χ2n) is 5.95. The fraction of sp³-hybridized carbons (Fsp3) is 0.350. The van der Waals surface area contributed by atoms with Crippen LogP contribution in [0.5, 0.6) is 5.75 Å². The van der Waals surface area contributed by atoms with Crippen LogP contribution in [-0.4, -0.2) is 12.8 Å². The molecule has 26 heavy (non-hydrogen) atoms. The van der Waals surface area contributed by atoms with E-state index >= 15 is 0 Å². The van der Waals surface area contributed by atoms with Gasteiger partial charge in [0.15, 0.2) is 0 Å². The highest BCUT2D eigenvalue weighted by atomic mass is 79.9. The summed E-state index contributed by atoms with van der Waals surface area (Å²) in [5.41, 5.74) is 1.98. The molecule has 6 heteroatoms. The second kappa shape index (κ2) is 11.3. The minimum absolute atomic E-state index is 0.402. The molecule has 0 amide bonds. The van der Waals surface area contributed by atoms with Crippen LogP contribution in [0, 0.1) is 0 Å². The van der Waals surface area contributed by atoms with Gasteiger partial charge in [0, 0.05) is 12.8 Å². The molecular formula is C20H21Br2Cl2NO. The van der Waals surface area contributed by atoms with Gasteiger partial charge in [-0.2, -0.15) is 0 Å². The van der Waals surface area contributed by atoms with Gasteiger partial charge in [-0.25, -0.2) is 0 Å². The Morgan fingerprint density at radius 2 is 1.73 bits per heavy atom. The highest BCUT2D eigenvalue weighted by Crippen LogP contribution is 2.35. The lowest BCUT2D eigenvalue weighted by atomic mass is 10.2. The minimum Gasteiger partial charge on any atom is -0.487 e. The van der Waals surface area contributed by atoms with Crippen molar-refractivity contribution in [2.45, 2.75) is 39.2 Å². The summed E-state index contributed by atoms with van der Waals surface area (Å²) in [5.74, 6) is 0.746. The number of rotatable bonds is 9. The maximum absolute atomic E-state index is 6.05. The molecule has 0 saturated carbocycles. The molecule has 2 nitrogen and oxygen atoms in total. The standard InChI is InChI=1S/C20H21Br2Cl2NO/c1-2-3-4-5-8-25-12-15-9-16(21)20(17(22)10-15)26-13-14-6-7-18(23)19(24)11-14/h6-7,9-12H,2-5,8,13H2,1H3. The Bertz CT molecular complexity index is 742. The predicted octanol–water partition coefficient (Wildman–Crippen LogP) is 8.10. The second-order valence-corrected chi connectivity index (χ2v) is 8.47. The predicted molar refractivity (Wildman–Crippen MR) is 119 cm³/mol. The summed E-state index contributed by atoms with van der Waals surface area (Å²) in [6.45, 7) is 3.48. The third-order valence-electron chi connectivity index (χ3n) is 3.77. The van der Waals surface area contributed by atoms with Crippen LogP contribution in [0.25, 0.3) is 0 Å². The molecule has 0 saturated heterocycles. The highest BCUT2D eigenvalue weighted by Gasteiger charge is 2.09. The molecule has 0 aromatic heterocycles. The Labute approximate surface area is 182 Å². The van der Waals surface area contributed by atoms with Crippen molar-refractivity contribution >= 4 is 61.3 Å². The van der Waals surface area contributed by atoms with Gasteiger partial charge < -0.3 is 4.74 Å². The molecule has 0 spiro atoms. The molecule has 2 rings (SSSR count). The molecule has 2 aromatic carbocycles. The zero-order valence-corrected chi connectivity index (χ0v) is 19.3. The maximum Gasteiger partial charge on any atom is 0.148 e. The average Bonchev–Trinajstić information content (AvgIpc) is 2.60. The monoisotopic (exact) mass is 519 g/mol. The normalized spacial score (nSPS) is 11.3. The first kappa shape index (κ1) is 21.7. The Kier molecular flexibility index (Phi) is 9.48. The van der Waals surface area contributed by atoms with Gasteiger partial charge in [-0.15, -0.1) is 0 Å². The molecule has 0 unspecified atom stereocenters. The van der Waals surface area contributed by atoms with Crippen molar-refractivity contribution in [3.63, 3.8) is 0 Å². The zero-order chi connectivity index (χ0) is 18.9. The lowest BCUT2D eigenvalue weighted by Gasteiger charge is -2.12. The Hall–Kier alpha value is -0.550. The lowest BCUT2D eigenvalue weighted by molar-refractivity contribution is 0.302. The SMILES string of the molecule is CCCCCCN=Cc1cc(Br)c(OCc2ccc(Cl)c(Cl)c2)c(Br)c1. The van der Waals surface area contributed by atoms with Crippen molar-refractivity contribution in [1.82, 2.24) is 0 Å². The van der Waals surface area contributed by atoms with Gasteiger partial charge >= 0.3 is 0 Å². The topological polar surface area (TPSA) is 21.6 Å². The number of hydrogen-bond acceptors (Lipinski definition) is 2. The van der Waals surface area contributed by atoms with Crippen molar-refractivity contribution in [1.29, 1.82) is 0 Å². The van der Waals surface area contributed by atoms with Crippen LogP contribution in [0.15, 0.2) is 44.3 Å². The van der Waals surface area contributed by atoms with Gasteiger partial charge in [0.2, 0.25) is 0 Å². The number of hydrogen-bond donors (Lipinski definition) is 0. The number of aliphatic imine (C=N–C) groups is 1. The summed E-state index contributed by atoms with van der Waals surface area (Å²) in [4.78, 5) is 4.50. The van der Waals surface area contributed by atoms with E-state index in [9.17, 15) is 0 Å². The summed E-state index contributed by atoms with van der Waals surface area (Å²) in [7, 11) is 0. The number of halogens is 4. The molecule has 0 N–H and O–H groups in total. The first-order valence-electron chi connectivity index (χ1n) is 8.57. The number of ether oxygens (including phenoxy) is 1. The highest BCUT2D eigenvalue weighted by molar-refractivity contribution is 9.11. The molecule has 2 aromatic rings. The summed E-state index contributed by atoms with van der Waals surface area (Å²) in [6, 6.07) is 9.49. The lowest BCUT2D eigenvalue weighted by Crippen LogP contribution is -1.98. The molecule has 0 atom stereocenters. The Morgan fingerprint density at radius 3 is 2.38 bits per heavy atom. The molecular weight excluding hydrogens is 501 g/mol. The van der Waals surface area contributed by atoms with E-state index in [4.69, 9.17) is 27.9 Å². The first-order valence-corrected chi connectivity index (χ1v) is 10.9. The Morgan fingerprint density at radius 1 is 1.00 bits per heavy atom. The van der Waals surface area contributed by atoms with Crippen LogP contribution in [0.2, 0.25) is 10.0 Å². The van der Waals surface area contributed by atoms with Crippen LogP contribution in [0.3, 0.4) is 0 Å². The number of nitrogens with zero attached hydrogens (tertiary/aromatic N) is 1. The molecule has 0 aliphatic carbocycles. The van der Waals surface area contributed by atoms with Crippen molar-refractivity contribution in [3.8, 4) is 5.75 Å². The van der Waals surface area contributed by atoms with E-state index in [1.807, 2.05) is 30.5 Å². The van der Waals surface area contributed by atoms with Crippen LogP contribution < -0.4 is 4.74 Å². The molecule has 0 heterocycles. The number of unbranched alkanes of at least 4 members (excludes halogenated alkanes) is 3.